The molecule has 3 nitrogen and oxygen atoms in total. The Labute approximate surface area is 76.5 Å². The molecule has 0 fully saturated rings. The van der Waals surface area contributed by atoms with Crippen LogP contribution in [0.3, 0.4) is 0 Å². The van der Waals surface area contributed by atoms with E-state index in [1.807, 2.05) is 13.0 Å². The van der Waals surface area contributed by atoms with E-state index in [-0.39, 0.29) is 11.9 Å². The fourth-order valence-electron chi connectivity index (χ4n) is 1.59. The number of ether oxygens (including phenoxy) is 1. The number of fused-ring (bicyclic) bond motifs is 1. The van der Waals surface area contributed by atoms with E-state index in [9.17, 15) is 4.79 Å². The molecule has 68 valence electrons. The zero-order chi connectivity index (χ0) is 9.59. The molecular formula is C10H11NO2. The first kappa shape index (κ1) is 8.10. The van der Waals surface area contributed by atoms with Gasteiger partial charge in [0.2, 0.25) is 5.78 Å². The largest absolute Gasteiger partial charge is 0.482 e. The third-order valence-electron chi connectivity index (χ3n) is 2.23. The first-order chi connectivity index (χ1) is 6.09. The summed E-state index contributed by atoms with van der Waals surface area (Å²) in [7, 11) is 0. The summed E-state index contributed by atoms with van der Waals surface area (Å²) < 4.78 is 5.40. The quantitative estimate of drug-likeness (QED) is 0.611. The number of Topliss-reactive ketones (excluding diaryl/α,β-unsaturated/α-hetero) is 1. The molecule has 1 aromatic carbocycles. The highest BCUT2D eigenvalue weighted by Crippen LogP contribution is 2.33. The van der Waals surface area contributed by atoms with Crippen molar-refractivity contribution in [3.05, 3.63) is 23.3 Å². The van der Waals surface area contributed by atoms with Crippen LogP contribution in [0, 0.1) is 6.92 Å². The van der Waals surface area contributed by atoms with Crippen LogP contribution in [0.4, 0.5) is 5.69 Å². The third kappa shape index (κ3) is 1.08. The lowest BCUT2D eigenvalue weighted by atomic mass is 10.1. The molecule has 0 saturated heterocycles. The fraction of sp³-hybridized carbons (Fsp3) is 0.300. The number of carbonyl (C=O) groups excluding carboxylic acids is 1. The zero-order valence-corrected chi connectivity index (χ0v) is 7.63. The number of rotatable bonds is 0. The maximum atomic E-state index is 11.5. The first-order valence-corrected chi connectivity index (χ1v) is 4.20. The molecule has 0 bridgehead atoms. The summed E-state index contributed by atoms with van der Waals surface area (Å²) in [5.74, 6) is 0.706. The van der Waals surface area contributed by atoms with E-state index in [1.54, 1.807) is 13.0 Å². The van der Waals surface area contributed by atoms with Crippen molar-refractivity contribution in [2.24, 2.45) is 0 Å². The summed E-state index contributed by atoms with van der Waals surface area (Å²) in [4.78, 5) is 11.5. The minimum Gasteiger partial charge on any atom is -0.482 e. The average molecular weight is 177 g/mol. The highest BCUT2D eigenvalue weighted by Gasteiger charge is 2.30. The van der Waals surface area contributed by atoms with Crippen LogP contribution in [0.1, 0.15) is 22.8 Å². The van der Waals surface area contributed by atoms with E-state index in [1.165, 1.54) is 0 Å². The second-order valence-electron chi connectivity index (χ2n) is 3.34. The van der Waals surface area contributed by atoms with Gasteiger partial charge in [0, 0.05) is 5.69 Å². The van der Waals surface area contributed by atoms with Gasteiger partial charge in [0.1, 0.15) is 5.75 Å². The van der Waals surface area contributed by atoms with Gasteiger partial charge in [0.15, 0.2) is 6.10 Å². The molecule has 0 aromatic heterocycles. The van der Waals surface area contributed by atoms with Crippen LogP contribution in [0.5, 0.6) is 5.75 Å². The Hall–Kier alpha value is -1.51. The Morgan fingerprint density at radius 1 is 1.46 bits per heavy atom. The van der Waals surface area contributed by atoms with Crippen molar-refractivity contribution in [2.45, 2.75) is 20.0 Å². The van der Waals surface area contributed by atoms with Gasteiger partial charge in [-0.25, -0.2) is 0 Å². The van der Waals surface area contributed by atoms with Gasteiger partial charge in [-0.2, -0.15) is 0 Å². The monoisotopic (exact) mass is 177 g/mol. The summed E-state index contributed by atoms with van der Waals surface area (Å²) >= 11 is 0. The van der Waals surface area contributed by atoms with Crippen LogP contribution in [0.25, 0.3) is 0 Å². The van der Waals surface area contributed by atoms with E-state index in [2.05, 4.69) is 0 Å². The van der Waals surface area contributed by atoms with Crippen LogP contribution >= 0.6 is 0 Å². The topological polar surface area (TPSA) is 52.3 Å². The first-order valence-electron chi connectivity index (χ1n) is 4.20. The second kappa shape index (κ2) is 2.49. The molecule has 0 spiro atoms. The zero-order valence-electron chi connectivity index (χ0n) is 7.63. The van der Waals surface area contributed by atoms with Gasteiger partial charge in [0.25, 0.3) is 0 Å². The van der Waals surface area contributed by atoms with Gasteiger partial charge in [-0.3, -0.25) is 4.79 Å². The molecule has 1 aliphatic rings. The molecule has 1 atom stereocenters. The van der Waals surface area contributed by atoms with E-state index < -0.39 is 0 Å². The highest BCUT2D eigenvalue weighted by atomic mass is 16.5. The predicted molar refractivity (Wildman–Crippen MR) is 50.0 cm³/mol. The van der Waals surface area contributed by atoms with Crippen molar-refractivity contribution in [3.63, 3.8) is 0 Å². The van der Waals surface area contributed by atoms with Crippen molar-refractivity contribution in [1.82, 2.24) is 0 Å². The lowest BCUT2D eigenvalue weighted by molar-refractivity contribution is 0.0878. The van der Waals surface area contributed by atoms with Gasteiger partial charge in [-0.05, 0) is 31.5 Å². The van der Waals surface area contributed by atoms with E-state index in [4.69, 9.17) is 10.5 Å². The highest BCUT2D eigenvalue weighted by molar-refractivity contribution is 6.05. The molecule has 0 radical (unpaired) electrons. The second-order valence-corrected chi connectivity index (χ2v) is 3.34. The Kier molecular flexibility index (Phi) is 1.55. The molecule has 1 aromatic rings. The number of nitrogens with two attached hydrogens (primary N) is 1. The van der Waals surface area contributed by atoms with Crippen molar-refractivity contribution in [2.75, 3.05) is 5.73 Å². The number of anilines is 1. The number of nitrogen functional groups attached to an aromatic ring is 1. The van der Waals surface area contributed by atoms with Crippen LogP contribution in [-0.2, 0) is 0 Å². The molecule has 3 heteroatoms. The molecule has 0 saturated carbocycles. The lowest BCUT2D eigenvalue weighted by Gasteiger charge is -2.04. The molecular weight excluding hydrogens is 166 g/mol. The molecule has 13 heavy (non-hydrogen) atoms. The fourth-order valence-corrected chi connectivity index (χ4v) is 1.59. The number of aryl methyl sites for hydroxylation is 1. The van der Waals surface area contributed by atoms with Crippen LogP contribution in [0.2, 0.25) is 0 Å². The summed E-state index contributed by atoms with van der Waals surface area (Å²) in [6.45, 7) is 3.64. The van der Waals surface area contributed by atoms with Crippen molar-refractivity contribution in [3.8, 4) is 5.75 Å². The summed E-state index contributed by atoms with van der Waals surface area (Å²) in [6.07, 6.45) is -0.365. The van der Waals surface area contributed by atoms with Gasteiger partial charge < -0.3 is 10.5 Å². The molecule has 2 rings (SSSR count). The Bertz CT molecular complexity index is 385. The summed E-state index contributed by atoms with van der Waals surface area (Å²) in [5, 5.41) is 0. The minimum absolute atomic E-state index is 0.0189. The molecule has 2 N–H and O–H groups in total. The van der Waals surface area contributed by atoms with Gasteiger partial charge in [-0.15, -0.1) is 0 Å². The smallest absolute Gasteiger partial charge is 0.206 e. The van der Waals surface area contributed by atoms with Crippen LogP contribution in [0.15, 0.2) is 12.1 Å². The van der Waals surface area contributed by atoms with E-state index in [0.717, 1.165) is 5.56 Å². The van der Waals surface area contributed by atoms with Gasteiger partial charge in [-0.1, -0.05) is 0 Å². The number of hydrogen-bond donors (Lipinski definition) is 1. The Balaban J connectivity index is 2.64. The Morgan fingerprint density at radius 3 is 2.85 bits per heavy atom. The number of ketones is 1. The van der Waals surface area contributed by atoms with E-state index >= 15 is 0 Å². The summed E-state index contributed by atoms with van der Waals surface area (Å²) in [6, 6.07) is 3.48. The van der Waals surface area contributed by atoms with Crippen molar-refractivity contribution in [1.29, 1.82) is 0 Å². The maximum absolute atomic E-state index is 11.5. The molecule has 1 unspecified atom stereocenters. The van der Waals surface area contributed by atoms with Crippen LogP contribution in [-0.4, -0.2) is 11.9 Å². The predicted octanol–water partition coefficient (Wildman–Crippen LogP) is 1.54. The SMILES string of the molecule is Cc1cc(N)cc2c1OC(C)C2=O. The summed E-state index contributed by atoms with van der Waals surface area (Å²) in [5.41, 5.74) is 7.78. The number of carbonyl (C=O) groups is 1. The normalized spacial score (nSPS) is 19.8. The molecule has 0 amide bonds. The third-order valence-corrected chi connectivity index (χ3v) is 2.23. The molecule has 1 heterocycles. The average Bonchev–Trinajstić information content (AvgIpc) is 2.32. The number of hydrogen-bond acceptors (Lipinski definition) is 3. The Morgan fingerprint density at radius 2 is 2.15 bits per heavy atom. The molecule has 1 aliphatic heterocycles. The van der Waals surface area contributed by atoms with Crippen molar-refractivity contribution >= 4 is 11.5 Å². The minimum atomic E-state index is -0.365. The molecule has 0 aliphatic carbocycles. The van der Waals surface area contributed by atoms with Gasteiger partial charge >= 0.3 is 0 Å². The maximum Gasteiger partial charge on any atom is 0.206 e. The lowest BCUT2D eigenvalue weighted by Crippen LogP contribution is -2.14. The van der Waals surface area contributed by atoms with E-state index in [0.29, 0.717) is 17.0 Å². The van der Waals surface area contributed by atoms with Crippen LogP contribution < -0.4 is 10.5 Å². The number of benzene rings is 1. The van der Waals surface area contributed by atoms with Crippen molar-refractivity contribution < 1.29 is 9.53 Å². The standard InChI is InChI=1S/C10H11NO2/c1-5-3-7(11)4-8-9(12)6(2)13-10(5)8/h3-4,6H,11H2,1-2H3. The van der Waals surface area contributed by atoms with Gasteiger partial charge in [0.05, 0.1) is 5.56 Å².